The van der Waals surface area contributed by atoms with E-state index in [1.807, 2.05) is 69.8 Å². The van der Waals surface area contributed by atoms with Gasteiger partial charge in [-0.1, -0.05) is 13.8 Å². The second-order valence-electron chi connectivity index (χ2n) is 8.20. The van der Waals surface area contributed by atoms with Gasteiger partial charge in [-0.25, -0.2) is 4.79 Å². The number of hydrogen-bond donors (Lipinski definition) is 2. The van der Waals surface area contributed by atoms with Crippen LogP contribution >= 0.6 is 0 Å². The molecule has 0 bridgehead atoms. The normalized spacial score (nSPS) is 12.3. The van der Waals surface area contributed by atoms with Crippen molar-refractivity contribution in [3.05, 3.63) is 23.8 Å². The highest BCUT2D eigenvalue weighted by molar-refractivity contribution is 5.90. The molecule has 3 amide bonds. The summed E-state index contributed by atoms with van der Waals surface area (Å²) in [4.78, 5) is 28.6. The van der Waals surface area contributed by atoms with Crippen molar-refractivity contribution >= 4 is 23.3 Å². The van der Waals surface area contributed by atoms with E-state index in [2.05, 4.69) is 24.5 Å². The van der Waals surface area contributed by atoms with Crippen LogP contribution in [0.5, 0.6) is 0 Å². The summed E-state index contributed by atoms with van der Waals surface area (Å²) in [5.74, 6) is 0.137. The summed E-state index contributed by atoms with van der Waals surface area (Å²) < 4.78 is 0. The molecule has 2 N–H and O–H groups in total. The predicted molar refractivity (Wildman–Crippen MR) is 113 cm³/mol. The van der Waals surface area contributed by atoms with Crippen molar-refractivity contribution in [1.29, 1.82) is 0 Å². The molecule has 1 aromatic rings. The number of nitrogens with one attached hydrogen (secondary N) is 2. The summed E-state index contributed by atoms with van der Waals surface area (Å²) in [5.41, 5.74) is 2.45. The zero-order valence-electron chi connectivity index (χ0n) is 18.1. The molecule has 0 spiro atoms. The largest absolute Gasteiger partial charge is 0.377 e. The van der Waals surface area contributed by atoms with E-state index in [0.29, 0.717) is 18.7 Å². The smallest absolute Gasteiger partial charge is 0.319 e. The standard InChI is InChI=1S/C21H36N4O2/c1-9-15(3)25(19(26)10-2)14-16-13-17(11-12-18(16)24(7)8)22-20(27)23-21(4,5)6/h11-13,15H,9-10,14H2,1-8H3,(H2,22,23,27)/t15-/m0/s1. The van der Waals surface area contributed by atoms with Crippen molar-refractivity contribution in [3.63, 3.8) is 0 Å². The third kappa shape index (κ3) is 7.12. The molecule has 152 valence electrons. The molecule has 1 atom stereocenters. The average molecular weight is 377 g/mol. The second kappa shape index (κ2) is 9.62. The Labute approximate surface area is 164 Å². The minimum atomic E-state index is -0.308. The number of carbonyl (C=O) groups excluding carboxylic acids is 2. The fourth-order valence-electron chi connectivity index (χ4n) is 2.83. The first-order valence-corrected chi connectivity index (χ1v) is 9.67. The molecule has 6 heteroatoms. The molecule has 0 saturated carbocycles. The Morgan fingerprint density at radius 3 is 2.26 bits per heavy atom. The second-order valence-corrected chi connectivity index (χ2v) is 8.20. The van der Waals surface area contributed by atoms with Crippen LogP contribution in [0.2, 0.25) is 0 Å². The molecule has 1 rings (SSSR count). The Morgan fingerprint density at radius 2 is 1.78 bits per heavy atom. The molecular weight excluding hydrogens is 340 g/mol. The number of anilines is 2. The quantitative estimate of drug-likeness (QED) is 0.749. The van der Waals surface area contributed by atoms with Gasteiger partial charge in [-0.15, -0.1) is 0 Å². The molecule has 0 aliphatic heterocycles. The van der Waals surface area contributed by atoms with Crippen LogP contribution in [-0.4, -0.2) is 42.5 Å². The highest BCUT2D eigenvalue weighted by Crippen LogP contribution is 2.26. The molecule has 0 unspecified atom stereocenters. The molecule has 0 heterocycles. The summed E-state index contributed by atoms with van der Waals surface area (Å²) in [6.07, 6.45) is 1.38. The Morgan fingerprint density at radius 1 is 1.15 bits per heavy atom. The van der Waals surface area contributed by atoms with Gasteiger partial charge in [-0.05, 0) is 57.9 Å². The van der Waals surface area contributed by atoms with Crippen molar-refractivity contribution in [2.45, 2.75) is 72.5 Å². The van der Waals surface area contributed by atoms with Crippen LogP contribution in [0.1, 0.15) is 59.9 Å². The number of amides is 3. The molecule has 0 aliphatic rings. The SMILES string of the molecule is CCC(=O)N(Cc1cc(NC(=O)NC(C)(C)C)ccc1N(C)C)[C@@H](C)CC. The zero-order chi connectivity index (χ0) is 20.8. The van der Waals surface area contributed by atoms with Crippen LogP contribution in [0.25, 0.3) is 0 Å². The molecular formula is C21H36N4O2. The van der Waals surface area contributed by atoms with Crippen LogP contribution in [0.4, 0.5) is 16.2 Å². The van der Waals surface area contributed by atoms with Gasteiger partial charge in [0.1, 0.15) is 0 Å². The Balaban J connectivity index is 3.14. The molecule has 0 radical (unpaired) electrons. The molecule has 0 fully saturated rings. The summed E-state index contributed by atoms with van der Waals surface area (Å²) in [6, 6.07) is 5.74. The van der Waals surface area contributed by atoms with E-state index in [9.17, 15) is 9.59 Å². The fraction of sp³-hybridized carbons (Fsp3) is 0.619. The first-order valence-electron chi connectivity index (χ1n) is 9.67. The summed E-state index contributed by atoms with van der Waals surface area (Å²) >= 11 is 0. The lowest BCUT2D eigenvalue weighted by atomic mass is 10.1. The van der Waals surface area contributed by atoms with Crippen LogP contribution in [0, 0.1) is 0 Å². The number of benzene rings is 1. The molecule has 1 aromatic carbocycles. The topological polar surface area (TPSA) is 64.7 Å². The lowest BCUT2D eigenvalue weighted by Gasteiger charge is -2.30. The van der Waals surface area contributed by atoms with Gasteiger partial charge in [0.05, 0.1) is 0 Å². The van der Waals surface area contributed by atoms with Crippen LogP contribution in [0.3, 0.4) is 0 Å². The van der Waals surface area contributed by atoms with E-state index in [1.165, 1.54) is 0 Å². The summed E-state index contributed by atoms with van der Waals surface area (Å²) in [6.45, 7) is 12.4. The van der Waals surface area contributed by atoms with Gasteiger partial charge in [0.2, 0.25) is 5.91 Å². The van der Waals surface area contributed by atoms with Crippen LogP contribution in [0.15, 0.2) is 18.2 Å². The maximum atomic E-state index is 12.4. The number of urea groups is 1. The van der Waals surface area contributed by atoms with Crippen molar-refractivity contribution < 1.29 is 9.59 Å². The van der Waals surface area contributed by atoms with Gasteiger partial charge in [0, 0.05) is 50.0 Å². The number of rotatable bonds is 7. The van der Waals surface area contributed by atoms with E-state index in [0.717, 1.165) is 17.7 Å². The third-order valence-corrected chi connectivity index (χ3v) is 4.39. The minimum Gasteiger partial charge on any atom is -0.377 e. The van der Waals surface area contributed by atoms with Gasteiger partial charge < -0.3 is 20.4 Å². The third-order valence-electron chi connectivity index (χ3n) is 4.39. The number of hydrogen-bond acceptors (Lipinski definition) is 3. The highest BCUT2D eigenvalue weighted by Gasteiger charge is 2.20. The Kier molecular flexibility index (Phi) is 8.13. The maximum Gasteiger partial charge on any atom is 0.319 e. The summed E-state index contributed by atoms with van der Waals surface area (Å²) in [7, 11) is 3.96. The van der Waals surface area contributed by atoms with Gasteiger partial charge in [-0.3, -0.25) is 4.79 Å². The highest BCUT2D eigenvalue weighted by atomic mass is 16.2. The van der Waals surface area contributed by atoms with E-state index >= 15 is 0 Å². The van der Waals surface area contributed by atoms with E-state index in [-0.39, 0.29) is 23.5 Å². The van der Waals surface area contributed by atoms with Gasteiger partial charge >= 0.3 is 6.03 Å². The van der Waals surface area contributed by atoms with Gasteiger partial charge in [-0.2, -0.15) is 0 Å². The fourth-order valence-corrected chi connectivity index (χ4v) is 2.83. The van der Waals surface area contributed by atoms with Crippen LogP contribution in [-0.2, 0) is 11.3 Å². The average Bonchev–Trinajstić information content (AvgIpc) is 2.56. The first kappa shape index (κ1) is 22.8. The van der Waals surface area contributed by atoms with Crippen molar-refractivity contribution in [2.75, 3.05) is 24.3 Å². The molecule has 6 nitrogen and oxygen atoms in total. The van der Waals surface area contributed by atoms with E-state index in [4.69, 9.17) is 0 Å². The predicted octanol–water partition coefficient (Wildman–Crippen LogP) is 4.21. The van der Waals surface area contributed by atoms with Crippen molar-refractivity contribution in [2.24, 2.45) is 0 Å². The molecule has 0 aromatic heterocycles. The monoisotopic (exact) mass is 376 g/mol. The minimum absolute atomic E-state index is 0.137. The van der Waals surface area contributed by atoms with Gasteiger partial charge in [0.25, 0.3) is 0 Å². The maximum absolute atomic E-state index is 12.4. The zero-order valence-corrected chi connectivity index (χ0v) is 18.1. The summed E-state index contributed by atoms with van der Waals surface area (Å²) in [5, 5.41) is 5.79. The lowest BCUT2D eigenvalue weighted by molar-refractivity contribution is -0.133. The van der Waals surface area contributed by atoms with Crippen LogP contribution < -0.4 is 15.5 Å². The van der Waals surface area contributed by atoms with E-state index in [1.54, 1.807) is 0 Å². The van der Waals surface area contributed by atoms with Gasteiger partial charge in [0.15, 0.2) is 0 Å². The van der Waals surface area contributed by atoms with E-state index < -0.39 is 0 Å². The molecule has 27 heavy (non-hydrogen) atoms. The van der Waals surface area contributed by atoms with Crippen molar-refractivity contribution in [3.8, 4) is 0 Å². The molecule has 0 aliphatic carbocycles. The lowest BCUT2D eigenvalue weighted by Crippen LogP contribution is -2.43. The first-order chi connectivity index (χ1) is 12.5. The number of nitrogens with zero attached hydrogens (tertiary/aromatic N) is 2. The Hall–Kier alpha value is -2.24. The van der Waals surface area contributed by atoms with Crippen molar-refractivity contribution in [1.82, 2.24) is 10.2 Å². The Bertz CT molecular complexity index is 650. The molecule has 0 saturated heterocycles. The number of carbonyl (C=O) groups is 2.